The smallest absolute Gasteiger partial charge is 0.252 e. The van der Waals surface area contributed by atoms with Crippen molar-refractivity contribution in [2.75, 3.05) is 25.4 Å². The zero-order chi connectivity index (χ0) is 15.3. The van der Waals surface area contributed by atoms with Gasteiger partial charge in [0, 0.05) is 35.5 Å². The summed E-state index contributed by atoms with van der Waals surface area (Å²) >= 11 is 3.28. The lowest BCUT2D eigenvalue weighted by Crippen LogP contribution is -2.41. The average molecular weight is 349 g/mol. The molecule has 1 aliphatic heterocycles. The first-order valence-electron chi connectivity index (χ1n) is 7.49. The molecule has 1 atom stereocenters. The molecule has 0 amide bonds. The van der Waals surface area contributed by atoms with E-state index in [0.717, 1.165) is 36.6 Å². The summed E-state index contributed by atoms with van der Waals surface area (Å²) in [6.07, 6.45) is 2.10. The number of hydrogen-bond donors (Lipinski definition) is 1. The van der Waals surface area contributed by atoms with Gasteiger partial charge >= 0.3 is 0 Å². The molecule has 1 aromatic rings. The van der Waals surface area contributed by atoms with Crippen LogP contribution >= 0.6 is 23.1 Å². The molecule has 1 fully saturated rings. The van der Waals surface area contributed by atoms with E-state index < -0.39 is 10.0 Å². The van der Waals surface area contributed by atoms with Crippen molar-refractivity contribution in [2.24, 2.45) is 0 Å². The Bertz CT molecular complexity index is 542. The predicted octanol–water partition coefficient (Wildman–Crippen LogP) is 2.76. The predicted molar refractivity (Wildman–Crippen MR) is 91.6 cm³/mol. The summed E-state index contributed by atoms with van der Waals surface area (Å²) in [5, 5.41) is 3.74. The van der Waals surface area contributed by atoms with Gasteiger partial charge in [-0.05, 0) is 31.5 Å². The molecule has 0 spiro atoms. The number of sulfonamides is 1. The van der Waals surface area contributed by atoms with Gasteiger partial charge in [-0.1, -0.05) is 13.8 Å². The second-order valence-electron chi connectivity index (χ2n) is 5.16. The van der Waals surface area contributed by atoms with Gasteiger partial charge in [0.2, 0.25) is 0 Å². The maximum Gasteiger partial charge on any atom is 0.252 e. The Labute approximate surface area is 136 Å². The Morgan fingerprint density at radius 3 is 2.90 bits per heavy atom. The topological polar surface area (TPSA) is 49.4 Å². The first-order chi connectivity index (χ1) is 10.1. The van der Waals surface area contributed by atoms with E-state index in [1.54, 1.807) is 10.4 Å². The number of nitrogens with one attached hydrogen (secondary N) is 1. The van der Waals surface area contributed by atoms with Crippen molar-refractivity contribution in [1.29, 1.82) is 0 Å². The molecule has 120 valence electrons. The lowest BCUT2D eigenvalue weighted by molar-refractivity contribution is 0.417. The SMILES string of the molecule is CCCNCc1ccc(S(=O)(=O)N2CCSC(CC)C2)s1. The van der Waals surface area contributed by atoms with Gasteiger partial charge in [-0.25, -0.2) is 8.42 Å². The van der Waals surface area contributed by atoms with Crippen molar-refractivity contribution < 1.29 is 8.42 Å². The molecule has 2 rings (SSSR count). The average Bonchev–Trinajstić information content (AvgIpc) is 2.97. The third-order valence-corrected chi connectivity index (χ3v) is 8.30. The Hall–Kier alpha value is -0.0800. The molecule has 1 aromatic heterocycles. The number of thioether (sulfide) groups is 1. The summed E-state index contributed by atoms with van der Waals surface area (Å²) < 4.78 is 27.5. The van der Waals surface area contributed by atoms with Gasteiger partial charge < -0.3 is 5.32 Å². The summed E-state index contributed by atoms with van der Waals surface area (Å²) in [4.78, 5) is 1.08. The fourth-order valence-corrected chi connectivity index (χ4v) is 6.62. The highest BCUT2D eigenvalue weighted by Gasteiger charge is 2.30. The fraction of sp³-hybridized carbons (Fsp3) is 0.714. The van der Waals surface area contributed by atoms with Gasteiger partial charge in [0.15, 0.2) is 0 Å². The van der Waals surface area contributed by atoms with Gasteiger partial charge in [-0.3, -0.25) is 0 Å². The molecule has 0 radical (unpaired) electrons. The van der Waals surface area contributed by atoms with Crippen molar-refractivity contribution in [3.63, 3.8) is 0 Å². The molecule has 1 aliphatic rings. The third kappa shape index (κ3) is 4.45. The zero-order valence-electron chi connectivity index (χ0n) is 12.7. The van der Waals surface area contributed by atoms with E-state index in [1.807, 2.05) is 17.8 Å². The number of rotatable bonds is 7. The number of hydrogen-bond acceptors (Lipinski definition) is 5. The van der Waals surface area contributed by atoms with Crippen molar-refractivity contribution in [2.45, 2.75) is 42.7 Å². The molecular weight excluding hydrogens is 324 g/mol. The van der Waals surface area contributed by atoms with E-state index in [0.29, 0.717) is 22.5 Å². The van der Waals surface area contributed by atoms with Crippen LogP contribution in [0.5, 0.6) is 0 Å². The van der Waals surface area contributed by atoms with Crippen LogP contribution in [0, 0.1) is 0 Å². The van der Waals surface area contributed by atoms with E-state index in [-0.39, 0.29) is 0 Å². The maximum atomic E-state index is 12.7. The highest BCUT2D eigenvalue weighted by molar-refractivity contribution is 8.00. The van der Waals surface area contributed by atoms with Crippen LogP contribution in [0.3, 0.4) is 0 Å². The molecule has 0 aliphatic carbocycles. The molecule has 7 heteroatoms. The largest absolute Gasteiger partial charge is 0.312 e. The first-order valence-corrected chi connectivity index (χ1v) is 10.8. The standard InChI is InChI=1S/C14H24N2O2S3/c1-3-7-15-10-13-5-6-14(20-13)21(17,18)16-8-9-19-12(4-2)11-16/h5-6,12,15H,3-4,7-11H2,1-2H3. The van der Waals surface area contributed by atoms with Gasteiger partial charge in [-0.15, -0.1) is 11.3 Å². The number of thiophene rings is 1. The fourth-order valence-electron chi connectivity index (χ4n) is 2.27. The Kier molecular flexibility index (Phi) is 6.55. The maximum absolute atomic E-state index is 12.7. The molecule has 1 saturated heterocycles. The van der Waals surface area contributed by atoms with Crippen molar-refractivity contribution in [3.05, 3.63) is 17.0 Å². The Morgan fingerprint density at radius 1 is 1.38 bits per heavy atom. The molecule has 0 bridgehead atoms. The molecule has 1 unspecified atom stereocenters. The van der Waals surface area contributed by atoms with Gasteiger partial charge in [0.1, 0.15) is 4.21 Å². The normalized spacial score (nSPS) is 20.8. The van der Waals surface area contributed by atoms with E-state index in [1.165, 1.54) is 11.3 Å². The van der Waals surface area contributed by atoms with Crippen molar-refractivity contribution >= 4 is 33.1 Å². The molecule has 21 heavy (non-hydrogen) atoms. The van der Waals surface area contributed by atoms with Crippen LogP contribution in [-0.4, -0.2) is 43.4 Å². The summed E-state index contributed by atoms with van der Waals surface area (Å²) in [5.41, 5.74) is 0. The summed E-state index contributed by atoms with van der Waals surface area (Å²) in [6, 6.07) is 3.68. The minimum atomic E-state index is -3.30. The van der Waals surface area contributed by atoms with Crippen molar-refractivity contribution in [3.8, 4) is 0 Å². The Morgan fingerprint density at radius 2 is 2.19 bits per heavy atom. The number of nitrogens with zero attached hydrogens (tertiary/aromatic N) is 1. The van der Waals surface area contributed by atoms with Crippen LogP contribution in [0.15, 0.2) is 16.3 Å². The molecular formula is C14H24N2O2S3. The van der Waals surface area contributed by atoms with E-state index in [4.69, 9.17) is 0 Å². The third-order valence-electron chi connectivity index (χ3n) is 3.51. The second-order valence-corrected chi connectivity index (χ2v) is 9.90. The van der Waals surface area contributed by atoms with Gasteiger partial charge in [0.05, 0.1) is 0 Å². The minimum absolute atomic E-state index is 0.430. The van der Waals surface area contributed by atoms with Gasteiger partial charge in [0.25, 0.3) is 10.0 Å². The summed E-state index contributed by atoms with van der Waals surface area (Å²) in [7, 11) is -3.30. The quantitative estimate of drug-likeness (QED) is 0.770. The van der Waals surface area contributed by atoms with Crippen LogP contribution in [0.1, 0.15) is 31.6 Å². The highest BCUT2D eigenvalue weighted by Crippen LogP contribution is 2.29. The van der Waals surface area contributed by atoms with Crippen molar-refractivity contribution in [1.82, 2.24) is 9.62 Å². The van der Waals surface area contributed by atoms with E-state index in [2.05, 4.69) is 19.2 Å². The zero-order valence-corrected chi connectivity index (χ0v) is 15.1. The molecule has 1 N–H and O–H groups in total. The molecule has 2 heterocycles. The molecule has 0 saturated carbocycles. The van der Waals surface area contributed by atoms with Crippen LogP contribution in [0.4, 0.5) is 0 Å². The molecule has 4 nitrogen and oxygen atoms in total. The molecule has 0 aromatic carbocycles. The Balaban J connectivity index is 2.05. The second kappa shape index (κ2) is 7.97. The van der Waals surface area contributed by atoms with Gasteiger partial charge in [-0.2, -0.15) is 16.1 Å². The van der Waals surface area contributed by atoms with Crippen LogP contribution in [0.2, 0.25) is 0 Å². The monoisotopic (exact) mass is 348 g/mol. The van der Waals surface area contributed by atoms with E-state index >= 15 is 0 Å². The summed E-state index contributed by atoms with van der Waals surface area (Å²) in [5.74, 6) is 0.897. The minimum Gasteiger partial charge on any atom is -0.312 e. The lowest BCUT2D eigenvalue weighted by Gasteiger charge is -2.30. The van der Waals surface area contributed by atoms with Crippen LogP contribution < -0.4 is 5.32 Å². The highest BCUT2D eigenvalue weighted by atomic mass is 32.2. The van der Waals surface area contributed by atoms with Crippen LogP contribution in [-0.2, 0) is 16.6 Å². The first kappa shape index (κ1) is 17.3. The lowest BCUT2D eigenvalue weighted by atomic mass is 10.3. The van der Waals surface area contributed by atoms with Crippen LogP contribution in [0.25, 0.3) is 0 Å². The summed E-state index contributed by atoms with van der Waals surface area (Å²) in [6.45, 7) is 7.23. The van der Waals surface area contributed by atoms with E-state index in [9.17, 15) is 8.42 Å².